The lowest BCUT2D eigenvalue weighted by Crippen LogP contribution is -2.22. The van der Waals surface area contributed by atoms with E-state index >= 15 is 0 Å². The van der Waals surface area contributed by atoms with Crippen molar-refractivity contribution in [2.45, 2.75) is 32.0 Å². The predicted molar refractivity (Wildman–Crippen MR) is 128 cm³/mol. The zero-order valence-corrected chi connectivity index (χ0v) is 20.4. The van der Waals surface area contributed by atoms with Crippen LogP contribution < -0.4 is 4.90 Å². The Morgan fingerprint density at radius 2 is 1.85 bits per heavy atom. The van der Waals surface area contributed by atoms with Crippen LogP contribution in [0.5, 0.6) is 0 Å². The molecule has 1 aromatic carbocycles. The number of amides is 1. The highest BCUT2D eigenvalue weighted by Gasteiger charge is 2.24. The first-order valence-corrected chi connectivity index (χ1v) is 13.1. The maximum Gasteiger partial charge on any atom is 0.359 e. The van der Waals surface area contributed by atoms with Crippen LogP contribution in [-0.4, -0.2) is 40.9 Å². The van der Waals surface area contributed by atoms with Gasteiger partial charge in [0.15, 0.2) is 10.8 Å². The molecule has 0 N–H and O–H groups in total. The number of fused-ring (bicyclic) bond motifs is 1. The Hall–Kier alpha value is -3.57. The molecule has 176 valence electrons. The Balaban J connectivity index is 1.54. The molecule has 9 nitrogen and oxygen atoms in total. The van der Waals surface area contributed by atoms with Gasteiger partial charge >= 0.3 is 5.97 Å². The number of nitrogens with zero attached hydrogens (tertiary/aromatic N) is 4. The van der Waals surface area contributed by atoms with Crippen LogP contribution in [0.15, 0.2) is 59.2 Å². The average molecular weight is 499 g/mol. The van der Waals surface area contributed by atoms with Crippen molar-refractivity contribution in [3.63, 3.8) is 0 Å². The number of pyridine rings is 1. The van der Waals surface area contributed by atoms with E-state index in [4.69, 9.17) is 4.74 Å². The van der Waals surface area contributed by atoms with Crippen molar-refractivity contribution in [3.05, 3.63) is 71.0 Å². The molecule has 0 spiro atoms. The first-order chi connectivity index (χ1) is 16.2. The summed E-state index contributed by atoms with van der Waals surface area (Å²) in [6, 6.07) is 12.6. The lowest BCUT2D eigenvalue weighted by molar-refractivity contribution is -0.115. The molecule has 3 heterocycles. The Kier molecular flexibility index (Phi) is 6.49. The number of hydrogen-bond acceptors (Lipinski definition) is 8. The van der Waals surface area contributed by atoms with Crippen molar-refractivity contribution < 1.29 is 22.7 Å². The van der Waals surface area contributed by atoms with Crippen molar-refractivity contribution in [3.8, 4) is 0 Å². The summed E-state index contributed by atoms with van der Waals surface area (Å²) in [6.45, 7) is 3.36. The van der Waals surface area contributed by atoms with Gasteiger partial charge in [0, 0.05) is 24.8 Å². The summed E-state index contributed by atoms with van der Waals surface area (Å²) in [5.41, 5.74) is 2.53. The van der Waals surface area contributed by atoms with E-state index in [0.29, 0.717) is 22.0 Å². The number of imidazole rings is 1. The van der Waals surface area contributed by atoms with E-state index in [1.54, 1.807) is 23.6 Å². The minimum absolute atomic E-state index is 0.0992. The smallest absolute Gasteiger partial charge is 0.359 e. The maximum atomic E-state index is 12.7. The minimum Gasteiger partial charge on any atom is -0.454 e. The number of ether oxygens (including phenoxy) is 1. The van der Waals surface area contributed by atoms with E-state index < -0.39 is 15.8 Å². The third-order valence-electron chi connectivity index (χ3n) is 5.04. The second kappa shape index (κ2) is 9.35. The van der Waals surface area contributed by atoms with E-state index in [1.165, 1.54) is 33.8 Å². The number of anilines is 2. The van der Waals surface area contributed by atoms with E-state index in [-0.39, 0.29) is 23.4 Å². The number of sulfone groups is 1. The van der Waals surface area contributed by atoms with Crippen molar-refractivity contribution in [2.75, 3.05) is 11.2 Å². The predicted octanol–water partition coefficient (Wildman–Crippen LogP) is 3.80. The number of aromatic nitrogens is 3. The molecule has 4 rings (SSSR count). The van der Waals surface area contributed by atoms with E-state index in [2.05, 4.69) is 16.9 Å². The zero-order valence-electron chi connectivity index (χ0n) is 18.8. The van der Waals surface area contributed by atoms with E-state index in [1.807, 2.05) is 24.3 Å². The highest BCUT2D eigenvalue weighted by atomic mass is 32.2. The first-order valence-electron chi connectivity index (χ1n) is 10.4. The monoisotopic (exact) mass is 498 g/mol. The van der Waals surface area contributed by atoms with Crippen LogP contribution >= 0.6 is 11.3 Å². The molecule has 0 saturated carbocycles. The summed E-state index contributed by atoms with van der Waals surface area (Å²) in [5.74, 6) is -0.966. The molecule has 11 heteroatoms. The van der Waals surface area contributed by atoms with Gasteiger partial charge in [0.25, 0.3) is 0 Å². The van der Waals surface area contributed by atoms with Gasteiger partial charge in [0.05, 0.1) is 16.9 Å². The molecular formula is C23H22N4O5S2. The van der Waals surface area contributed by atoms with Crippen LogP contribution in [0.2, 0.25) is 0 Å². The van der Waals surface area contributed by atoms with Gasteiger partial charge in [-0.25, -0.2) is 23.2 Å². The molecule has 0 fully saturated rings. The van der Waals surface area contributed by atoms with E-state index in [0.717, 1.165) is 18.2 Å². The van der Waals surface area contributed by atoms with Crippen molar-refractivity contribution in [1.82, 2.24) is 14.4 Å². The van der Waals surface area contributed by atoms with Crippen molar-refractivity contribution in [2.24, 2.45) is 0 Å². The summed E-state index contributed by atoms with van der Waals surface area (Å²) in [5, 5.41) is 1.92. The number of carbonyl (C=O) groups excluding carboxylic acids is 2. The van der Waals surface area contributed by atoms with Crippen LogP contribution in [0.3, 0.4) is 0 Å². The molecule has 0 bridgehead atoms. The van der Waals surface area contributed by atoms with Crippen LogP contribution in [0.25, 0.3) is 5.52 Å². The molecule has 0 atom stereocenters. The SMILES string of the molecule is CCc1ccc(N(C(C)=O)c2nc(COC(=O)c3nc(S(C)(=O)=O)n4ccccc34)cs2)cc1. The third-order valence-corrected chi connectivity index (χ3v) is 6.87. The first kappa shape index (κ1) is 23.6. The highest BCUT2D eigenvalue weighted by molar-refractivity contribution is 7.90. The largest absolute Gasteiger partial charge is 0.454 e. The number of aryl methyl sites for hydroxylation is 1. The Morgan fingerprint density at radius 1 is 1.12 bits per heavy atom. The fourth-order valence-corrected chi connectivity index (χ4v) is 5.05. The number of carbonyl (C=O) groups is 2. The van der Waals surface area contributed by atoms with Gasteiger partial charge in [0.2, 0.25) is 20.9 Å². The fourth-order valence-electron chi connectivity index (χ4n) is 3.40. The van der Waals surface area contributed by atoms with Gasteiger partial charge in [-0.2, -0.15) is 0 Å². The fraction of sp³-hybridized carbons (Fsp3) is 0.217. The summed E-state index contributed by atoms with van der Waals surface area (Å²) < 4.78 is 30.8. The summed E-state index contributed by atoms with van der Waals surface area (Å²) >= 11 is 1.25. The minimum atomic E-state index is -3.66. The van der Waals surface area contributed by atoms with Crippen LogP contribution in [0.4, 0.5) is 10.8 Å². The molecule has 0 unspecified atom stereocenters. The zero-order chi connectivity index (χ0) is 24.5. The van der Waals surface area contributed by atoms with Crippen LogP contribution in [0.1, 0.15) is 35.6 Å². The molecule has 0 radical (unpaired) electrons. The number of benzene rings is 1. The van der Waals surface area contributed by atoms with Crippen molar-refractivity contribution in [1.29, 1.82) is 0 Å². The molecule has 0 aliphatic heterocycles. The quantitative estimate of drug-likeness (QED) is 0.356. The topological polar surface area (TPSA) is 111 Å². The summed E-state index contributed by atoms with van der Waals surface area (Å²) in [4.78, 5) is 35.0. The summed E-state index contributed by atoms with van der Waals surface area (Å²) in [6.07, 6.45) is 3.44. The summed E-state index contributed by atoms with van der Waals surface area (Å²) in [7, 11) is -3.66. The van der Waals surface area contributed by atoms with Crippen LogP contribution in [-0.2, 0) is 32.4 Å². The third kappa shape index (κ3) is 4.70. The highest BCUT2D eigenvalue weighted by Crippen LogP contribution is 2.29. The normalized spacial score (nSPS) is 11.5. The number of rotatable bonds is 7. The molecule has 0 aliphatic carbocycles. The number of hydrogen-bond donors (Lipinski definition) is 0. The van der Waals surface area contributed by atoms with Gasteiger partial charge in [-0.1, -0.05) is 25.1 Å². The van der Waals surface area contributed by atoms with Gasteiger partial charge < -0.3 is 4.74 Å². The molecular weight excluding hydrogens is 476 g/mol. The van der Waals surface area contributed by atoms with Gasteiger partial charge in [0.1, 0.15) is 6.61 Å². The number of esters is 1. The van der Waals surface area contributed by atoms with Gasteiger partial charge in [-0.05, 0) is 36.2 Å². The molecule has 1 amide bonds. The van der Waals surface area contributed by atoms with E-state index in [9.17, 15) is 18.0 Å². The lowest BCUT2D eigenvalue weighted by Gasteiger charge is -2.18. The Labute approximate surface area is 200 Å². The molecule has 3 aromatic heterocycles. The average Bonchev–Trinajstić information content (AvgIpc) is 3.43. The Morgan fingerprint density at radius 3 is 2.50 bits per heavy atom. The van der Waals surface area contributed by atoms with Crippen LogP contribution in [0, 0.1) is 0 Å². The number of thiazole rings is 1. The van der Waals surface area contributed by atoms with Gasteiger partial charge in [-0.3, -0.25) is 14.1 Å². The second-order valence-electron chi connectivity index (χ2n) is 7.54. The molecule has 0 saturated heterocycles. The molecule has 34 heavy (non-hydrogen) atoms. The molecule has 0 aliphatic rings. The van der Waals surface area contributed by atoms with Gasteiger partial charge in [-0.15, -0.1) is 11.3 Å². The Bertz CT molecular complexity index is 1470. The maximum absolute atomic E-state index is 12.7. The van der Waals surface area contributed by atoms with Crippen molar-refractivity contribution >= 4 is 49.4 Å². The standard InChI is InChI=1S/C23H22N4O5S2/c1-4-16-8-10-18(11-9-16)27(15(2)28)22-24-17(14-33-22)13-32-21(29)20-19-7-5-6-12-26(19)23(25-20)34(3,30)31/h5-12,14H,4,13H2,1-3H3. The second-order valence-corrected chi connectivity index (χ2v) is 10.3. The molecule has 4 aromatic rings. The lowest BCUT2D eigenvalue weighted by atomic mass is 10.1.